The van der Waals surface area contributed by atoms with E-state index in [4.69, 9.17) is 33.7 Å². The van der Waals surface area contributed by atoms with Gasteiger partial charge in [0.05, 0.1) is 24.2 Å². The number of hydrogen-bond acceptors (Lipinski definition) is 6. The summed E-state index contributed by atoms with van der Waals surface area (Å²) >= 11 is 10.5. The second kappa shape index (κ2) is 9.41. The Bertz CT molecular complexity index is 425. The molecule has 6 nitrogen and oxygen atoms in total. The van der Waals surface area contributed by atoms with E-state index in [1.807, 2.05) is 0 Å². The summed E-state index contributed by atoms with van der Waals surface area (Å²) in [4.78, 5) is 21.8. The molecule has 0 spiro atoms. The van der Waals surface area contributed by atoms with Gasteiger partial charge in [0.1, 0.15) is 11.8 Å². The molecule has 0 aliphatic heterocycles. The molecule has 0 aliphatic carbocycles. The van der Waals surface area contributed by atoms with Crippen molar-refractivity contribution in [2.75, 3.05) is 0 Å². The first-order valence-electron chi connectivity index (χ1n) is 5.89. The molecule has 8 heteroatoms. The van der Waals surface area contributed by atoms with E-state index in [2.05, 4.69) is 10.2 Å². The van der Waals surface area contributed by atoms with Gasteiger partial charge < -0.3 is 0 Å². The third kappa shape index (κ3) is 7.18. The fraction of sp³-hybridized carbons (Fsp3) is 0.667. The van der Waals surface area contributed by atoms with Crippen LogP contribution in [-0.2, 0) is 9.59 Å². The average molecular weight is 317 g/mol. The Morgan fingerprint density at radius 3 is 1.45 bits per heavy atom. The van der Waals surface area contributed by atoms with Gasteiger partial charge in [0, 0.05) is 0 Å². The maximum absolute atomic E-state index is 10.9. The van der Waals surface area contributed by atoms with Crippen LogP contribution >= 0.6 is 23.2 Å². The van der Waals surface area contributed by atoms with E-state index in [0.717, 1.165) is 0 Å². The third-order valence-corrected chi connectivity index (χ3v) is 3.00. The van der Waals surface area contributed by atoms with Crippen LogP contribution in [0.3, 0.4) is 0 Å². The molecule has 0 aromatic carbocycles. The van der Waals surface area contributed by atoms with Crippen LogP contribution < -0.4 is 0 Å². The van der Waals surface area contributed by atoms with Crippen molar-refractivity contribution < 1.29 is 9.59 Å². The number of nitrogens with zero attached hydrogens (tertiary/aromatic N) is 4. The SMILES string of the molecule is CC(CC(C#N)C(=O)Cl)/N=N/C(C)CC(C#N)C(=O)Cl. The zero-order chi connectivity index (χ0) is 15.7. The predicted molar refractivity (Wildman–Crippen MR) is 72.9 cm³/mol. The Morgan fingerprint density at radius 1 is 0.950 bits per heavy atom. The number of rotatable bonds is 8. The van der Waals surface area contributed by atoms with Crippen LogP contribution in [0.2, 0.25) is 0 Å². The molecule has 0 rings (SSSR count). The maximum atomic E-state index is 10.9. The molecule has 0 bridgehead atoms. The van der Waals surface area contributed by atoms with Crippen LogP contribution in [0.1, 0.15) is 26.7 Å². The molecule has 20 heavy (non-hydrogen) atoms. The molecule has 0 aliphatic rings. The van der Waals surface area contributed by atoms with Gasteiger partial charge in [-0.15, -0.1) is 0 Å². The van der Waals surface area contributed by atoms with Gasteiger partial charge in [-0.25, -0.2) is 0 Å². The number of azo groups is 1. The molecule has 108 valence electrons. The summed E-state index contributed by atoms with van der Waals surface area (Å²) in [6.07, 6.45) is 0.344. The average Bonchev–Trinajstić information content (AvgIpc) is 2.38. The smallest absolute Gasteiger partial charge is 0.238 e. The van der Waals surface area contributed by atoms with Gasteiger partial charge in [0.15, 0.2) is 0 Å². The third-order valence-electron chi connectivity index (χ3n) is 2.47. The van der Waals surface area contributed by atoms with Crippen molar-refractivity contribution >= 4 is 33.7 Å². The van der Waals surface area contributed by atoms with Crippen molar-refractivity contribution in [3.63, 3.8) is 0 Å². The summed E-state index contributed by atoms with van der Waals surface area (Å²) in [5.74, 6) is -1.84. The van der Waals surface area contributed by atoms with E-state index in [-0.39, 0.29) is 24.9 Å². The molecule has 4 atom stereocenters. The molecule has 0 heterocycles. The van der Waals surface area contributed by atoms with Crippen LogP contribution in [0.15, 0.2) is 10.2 Å². The fourth-order valence-electron chi connectivity index (χ4n) is 1.40. The van der Waals surface area contributed by atoms with Crippen LogP contribution in [-0.4, -0.2) is 22.6 Å². The molecule has 0 fully saturated rings. The summed E-state index contributed by atoms with van der Waals surface area (Å²) < 4.78 is 0. The Kier molecular flexibility index (Phi) is 8.71. The van der Waals surface area contributed by atoms with Crippen LogP contribution in [0.5, 0.6) is 0 Å². The van der Waals surface area contributed by atoms with E-state index < -0.39 is 22.3 Å². The van der Waals surface area contributed by atoms with E-state index in [9.17, 15) is 9.59 Å². The molecule has 0 saturated carbocycles. The Balaban J connectivity index is 4.42. The number of halogens is 2. The highest BCUT2D eigenvalue weighted by Gasteiger charge is 2.20. The summed E-state index contributed by atoms with van der Waals surface area (Å²) in [7, 11) is 0. The van der Waals surface area contributed by atoms with Crippen molar-refractivity contribution in [2.24, 2.45) is 22.1 Å². The largest absolute Gasteiger partial charge is 0.280 e. The highest BCUT2D eigenvalue weighted by Crippen LogP contribution is 2.15. The Morgan fingerprint density at radius 2 is 1.25 bits per heavy atom. The summed E-state index contributed by atoms with van der Waals surface area (Å²) in [5, 5.41) is 23.9. The second-order valence-electron chi connectivity index (χ2n) is 4.37. The first-order valence-corrected chi connectivity index (χ1v) is 6.65. The highest BCUT2D eigenvalue weighted by molar-refractivity contribution is 6.64. The summed E-state index contributed by atoms with van der Waals surface area (Å²) in [5.41, 5.74) is 0. The van der Waals surface area contributed by atoms with Crippen molar-refractivity contribution in [3.05, 3.63) is 0 Å². The molecular formula is C12H14Cl2N4O2. The minimum Gasteiger partial charge on any atom is -0.280 e. The molecule has 0 radical (unpaired) electrons. The Labute approximate surface area is 127 Å². The first kappa shape index (κ1) is 18.5. The van der Waals surface area contributed by atoms with Crippen molar-refractivity contribution in [1.29, 1.82) is 10.5 Å². The highest BCUT2D eigenvalue weighted by atomic mass is 35.5. The van der Waals surface area contributed by atoms with Crippen LogP contribution in [0.4, 0.5) is 0 Å². The van der Waals surface area contributed by atoms with Crippen molar-refractivity contribution in [2.45, 2.75) is 38.8 Å². The van der Waals surface area contributed by atoms with Gasteiger partial charge in [-0.05, 0) is 49.9 Å². The van der Waals surface area contributed by atoms with Gasteiger partial charge in [0.25, 0.3) is 0 Å². The molecule has 0 saturated heterocycles. The zero-order valence-corrected chi connectivity index (χ0v) is 12.6. The molecule has 0 amide bonds. The minimum absolute atomic E-state index is 0.172. The monoisotopic (exact) mass is 316 g/mol. The summed E-state index contributed by atoms with van der Waals surface area (Å²) in [6.45, 7) is 3.38. The van der Waals surface area contributed by atoms with E-state index in [1.165, 1.54) is 0 Å². The second-order valence-corrected chi connectivity index (χ2v) is 5.12. The molecular weight excluding hydrogens is 303 g/mol. The number of carbonyl (C=O) groups excluding carboxylic acids is 2. The molecule has 4 unspecified atom stereocenters. The zero-order valence-electron chi connectivity index (χ0n) is 11.1. The standard InChI is InChI=1S/C12H14Cl2N4O2/c1-7(3-9(5-15)11(13)19)17-18-8(2)4-10(6-16)12(14)20/h7-10H,3-4H2,1-2H3/b18-17+. The lowest BCUT2D eigenvalue weighted by Crippen LogP contribution is -2.15. The van der Waals surface area contributed by atoms with Gasteiger partial charge >= 0.3 is 0 Å². The molecule has 0 N–H and O–H groups in total. The van der Waals surface area contributed by atoms with Gasteiger partial charge in [-0.1, -0.05) is 0 Å². The Hall–Kier alpha value is -1.50. The van der Waals surface area contributed by atoms with Crippen molar-refractivity contribution in [1.82, 2.24) is 0 Å². The van der Waals surface area contributed by atoms with Crippen molar-refractivity contribution in [3.8, 4) is 12.1 Å². The maximum Gasteiger partial charge on any atom is 0.238 e. The first-order chi connectivity index (χ1) is 9.31. The predicted octanol–water partition coefficient (Wildman–Crippen LogP) is 2.81. The van der Waals surface area contributed by atoms with Crippen LogP contribution in [0.25, 0.3) is 0 Å². The molecule has 0 aromatic heterocycles. The van der Waals surface area contributed by atoms with E-state index >= 15 is 0 Å². The van der Waals surface area contributed by atoms with Crippen LogP contribution in [0, 0.1) is 34.5 Å². The molecule has 0 aromatic rings. The minimum atomic E-state index is -0.919. The normalized spacial score (nSPS) is 16.7. The van der Waals surface area contributed by atoms with E-state index in [1.54, 1.807) is 26.0 Å². The lowest BCUT2D eigenvalue weighted by Gasteiger charge is -2.10. The summed E-state index contributed by atoms with van der Waals surface area (Å²) in [6, 6.07) is 2.85. The quantitative estimate of drug-likeness (QED) is 0.506. The fourth-order valence-corrected chi connectivity index (χ4v) is 1.67. The lowest BCUT2D eigenvalue weighted by atomic mass is 10.0. The van der Waals surface area contributed by atoms with Gasteiger partial charge in [-0.3, -0.25) is 9.59 Å². The van der Waals surface area contributed by atoms with Gasteiger partial charge in [-0.2, -0.15) is 20.8 Å². The van der Waals surface area contributed by atoms with Gasteiger partial charge in [0.2, 0.25) is 10.5 Å². The van der Waals surface area contributed by atoms with E-state index in [0.29, 0.717) is 0 Å². The number of hydrogen-bond donors (Lipinski definition) is 0. The number of carbonyl (C=O) groups is 2. The topological polar surface area (TPSA) is 106 Å². The lowest BCUT2D eigenvalue weighted by molar-refractivity contribution is -0.114. The number of nitriles is 2.